The highest BCUT2D eigenvalue weighted by Gasteiger charge is 2.19. The van der Waals surface area contributed by atoms with Crippen LogP contribution in [0.25, 0.3) is 10.4 Å². The molecule has 3 rings (SSSR count). The zero-order chi connectivity index (χ0) is 19.9. The van der Waals surface area contributed by atoms with Gasteiger partial charge in [0.1, 0.15) is 0 Å². The molecule has 3 aromatic rings. The van der Waals surface area contributed by atoms with E-state index < -0.39 is 12.0 Å². The summed E-state index contributed by atoms with van der Waals surface area (Å²) in [5, 5.41) is 13.1. The van der Waals surface area contributed by atoms with Crippen LogP contribution < -0.4 is 14.8 Å². The molecule has 1 unspecified atom stereocenters. The standard InChI is InChI=1S/C22H23NO4S/c1-26-17-9-8-15(14-18(17)27-2)12-13-23-22(25)21(24)20-11-10-19(28-20)16-6-4-3-5-7-16/h3-11,14,21,24H,12-13H2,1-2H3,(H,23,25). The van der Waals surface area contributed by atoms with Crippen molar-refractivity contribution in [2.24, 2.45) is 0 Å². The van der Waals surface area contributed by atoms with Gasteiger partial charge in [0.2, 0.25) is 0 Å². The number of nitrogens with one attached hydrogen (secondary N) is 1. The Bertz CT molecular complexity index is 923. The number of hydrogen-bond donors (Lipinski definition) is 2. The number of ether oxygens (including phenoxy) is 2. The molecule has 0 fully saturated rings. The smallest absolute Gasteiger partial charge is 0.254 e. The van der Waals surface area contributed by atoms with Gasteiger partial charge in [-0.2, -0.15) is 0 Å². The average molecular weight is 397 g/mol. The van der Waals surface area contributed by atoms with Gasteiger partial charge >= 0.3 is 0 Å². The molecule has 2 N–H and O–H groups in total. The predicted molar refractivity (Wildman–Crippen MR) is 111 cm³/mol. The van der Waals surface area contributed by atoms with E-state index in [-0.39, 0.29) is 0 Å². The van der Waals surface area contributed by atoms with Crippen LogP contribution in [0, 0.1) is 0 Å². The number of aliphatic hydroxyl groups excluding tert-OH is 1. The number of carbonyl (C=O) groups excluding carboxylic acids is 1. The molecule has 0 radical (unpaired) electrons. The summed E-state index contributed by atoms with van der Waals surface area (Å²) in [5.41, 5.74) is 2.08. The number of amides is 1. The molecule has 0 spiro atoms. The Morgan fingerprint density at radius 1 is 1.04 bits per heavy atom. The van der Waals surface area contributed by atoms with E-state index in [1.54, 1.807) is 20.3 Å². The van der Waals surface area contributed by atoms with Gasteiger partial charge in [0.15, 0.2) is 17.6 Å². The Morgan fingerprint density at radius 3 is 2.50 bits per heavy atom. The monoisotopic (exact) mass is 397 g/mol. The quantitative estimate of drug-likeness (QED) is 0.606. The molecule has 0 aliphatic heterocycles. The van der Waals surface area contributed by atoms with Crippen LogP contribution >= 0.6 is 11.3 Å². The van der Waals surface area contributed by atoms with Crippen molar-refractivity contribution in [3.05, 3.63) is 71.1 Å². The van der Waals surface area contributed by atoms with E-state index >= 15 is 0 Å². The lowest BCUT2D eigenvalue weighted by molar-refractivity contribution is -0.129. The molecular formula is C22H23NO4S. The molecule has 28 heavy (non-hydrogen) atoms. The van der Waals surface area contributed by atoms with Crippen molar-refractivity contribution < 1.29 is 19.4 Å². The number of benzene rings is 2. The van der Waals surface area contributed by atoms with E-state index in [1.165, 1.54) is 11.3 Å². The lowest BCUT2D eigenvalue weighted by Crippen LogP contribution is -2.30. The van der Waals surface area contributed by atoms with Crippen LogP contribution in [-0.2, 0) is 11.2 Å². The van der Waals surface area contributed by atoms with E-state index in [0.717, 1.165) is 16.0 Å². The third-order valence-corrected chi connectivity index (χ3v) is 5.55. The van der Waals surface area contributed by atoms with Crippen LogP contribution in [0.15, 0.2) is 60.7 Å². The molecule has 1 amide bonds. The maximum atomic E-state index is 12.3. The van der Waals surface area contributed by atoms with Crippen molar-refractivity contribution in [2.75, 3.05) is 20.8 Å². The van der Waals surface area contributed by atoms with Gasteiger partial charge in [0.05, 0.1) is 14.2 Å². The summed E-state index contributed by atoms with van der Waals surface area (Å²) >= 11 is 1.42. The van der Waals surface area contributed by atoms with Gasteiger partial charge in [0, 0.05) is 16.3 Å². The second-order valence-electron chi connectivity index (χ2n) is 6.20. The molecule has 146 valence electrons. The van der Waals surface area contributed by atoms with Gasteiger partial charge in [-0.15, -0.1) is 11.3 Å². The first-order chi connectivity index (χ1) is 13.6. The van der Waals surface area contributed by atoms with Crippen LogP contribution in [0.5, 0.6) is 11.5 Å². The summed E-state index contributed by atoms with van der Waals surface area (Å²) in [4.78, 5) is 14.0. The van der Waals surface area contributed by atoms with Crippen LogP contribution in [0.3, 0.4) is 0 Å². The normalized spacial score (nSPS) is 11.7. The van der Waals surface area contributed by atoms with Gasteiger partial charge in [-0.25, -0.2) is 0 Å². The van der Waals surface area contributed by atoms with Crippen molar-refractivity contribution in [1.82, 2.24) is 5.32 Å². The highest BCUT2D eigenvalue weighted by Crippen LogP contribution is 2.31. The first-order valence-corrected chi connectivity index (χ1v) is 9.76. The van der Waals surface area contributed by atoms with Gasteiger partial charge < -0.3 is 19.9 Å². The van der Waals surface area contributed by atoms with Gasteiger partial charge in [0.25, 0.3) is 5.91 Å². The molecule has 5 nitrogen and oxygen atoms in total. The Kier molecular flexibility index (Phi) is 6.68. The number of carbonyl (C=O) groups is 1. The Morgan fingerprint density at radius 2 is 1.79 bits per heavy atom. The number of rotatable bonds is 8. The fourth-order valence-electron chi connectivity index (χ4n) is 2.85. The van der Waals surface area contributed by atoms with Crippen LogP contribution in [-0.4, -0.2) is 31.8 Å². The Hall–Kier alpha value is -2.83. The number of methoxy groups -OCH3 is 2. The molecule has 0 aliphatic carbocycles. The van der Waals surface area contributed by atoms with Crippen molar-refractivity contribution >= 4 is 17.2 Å². The van der Waals surface area contributed by atoms with E-state index in [9.17, 15) is 9.90 Å². The van der Waals surface area contributed by atoms with Gasteiger partial charge in [-0.1, -0.05) is 36.4 Å². The van der Waals surface area contributed by atoms with Gasteiger partial charge in [-0.05, 0) is 41.8 Å². The first-order valence-electron chi connectivity index (χ1n) is 8.94. The van der Waals surface area contributed by atoms with Crippen molar-refractivity contribution in [3.63, 3.8) is 0 Å². The fraction of sp³-hybridized carbons (Fsp3) is 0.227. The van der Waals surface area contributed by atoms with Crippen molar-refractivity contribution in [3.8, 4) is 21.9 Å². The highest BCUT2D eigenvalue weighted by molar-refractivity contribution is 7.15. The summed E-state index contributed by atoms with van der Waals surface area (Å²) < 4.78 is 10.5. The van der Waals surface area contributed by atoms with E-state index in [2.05, 4.69) is 5.32 Å². The van der Waals surface area contributed by atoms with Crippen LogP contribution in [0.4, 0.5) is 0 Å². The molecular weight excluding hydrogens is 374 g/mol. The molecule has 1 atom stereocenters. The van der Waals surface area contributed by atoms with Crippen LogP contribution in [0.2, 0.25) is 0 Å². The average Bonchev–Trinajstić information content (AvgIpc) is 3.23. The lowest BCUT2D eigenvalue weighted by Gasteiger charge is -2.11. The van der Waals surface area contributed by atoms with Crippen molar-refractivity contribution in [2.45, 2.75) is 12.5 Å². The summed E-state index contributed by atoms with van der Waals surface area (Å²) in [6, 6.07) is 19.3. The van der Waals surface area contributed by atoms with Crippen LogP contribution in [0.1, 0.15) is 16.5 Å². The third-order valence-electron chi connectivity index (χ3n) is 4.36. The molecule has 2 aromatic carbocycles. The minimum Gasteiger partial charge on any atom is -0.493 e. The molecule has 0 aliphatic rings. The second-order valence-corrected chi connectivity index (χ2v) is 7.32. The molecule has 1 heterocycles. The third kappa shape index (κ3) is 4.71. The fourth-order valence-corrected chi connectivity index (χ4v) is 3.85. The molecule has 0 bridgehead atoms. The maximum Gasteiger partial charge on any atom is 0.254 e. The zero-order valence-electron chi connectivity index (χ0n) is 15.8. The Labute approximate surface area is 168 Å². The number of thiophene rings is 1. The topological polar surface area (TPSA) is 67.8 Å². The second kappa shape index (κ2) is 9.39. The molecule has 1 aromatic heterocycles. The minimum atomic E-state index is -1.17. The van der Waals surface area contributed by atoms with E-state index in [1.807, 2.05) is 54.6 Å². The lowest BCUT2D eigenvalue weighted by atomic mass is 10.1. The number of hydrogen-bond acceptors (Lipinski definition) is 5. The van der Waals surface area contributed by atoms with Gasteiger partial charge in [-0.3, -0.25) is 4.79 Å². The summed E-state index contributed by atoms with van der Waals surface area (Å²) in [5.74, 6) is 0.915. The SMILES string of the molecule is COc1ccc(CCNC(=O)C(O)c2ccc(-c3ccccc3)s2)cc1OC. The predicted octanol–water partition coefficient (Wildman–Crippen LogP) is 3.82. The largest absolute Gasteiger partial charge is 0.493 e. The molecule has 0 saturated heterocycles. The number of aliphatic hydroxyl groups is 1. The molecule has 6 heteroatoms. The maximum absolute atomic E-state index is 12.3. The summed E-state index contributed by atoms with van der Waals surface area (Å²) in [6.45, 7) is 0.419. The first kappa shape index (κ1) is 19.9. The zero-order valence-corrected chi connectivity index (χ0v) is 16.7. The molecule has 0 saturated carbocycles. The Balaban J connectivity index is 1.56. The highest BCUT2D eigenvalue weighted by atomic mass is 32.1. The minimum absolute atomic E-state index is 0.401. The van der Waals surface area contributed by atoms with Crippen molar-refractivity contribution in [1.29, 1.82) is 0 Å². The summed E-state index contributed by atoms with van der Waals surface area (Å²) in [7, 11) is 3.18. The van der Waals surface area contributed by atoms with E-state index in [4.69, 9.17) is 9.47 Å². The van der Waals surface area contributed by atoms with E-state index in [0.29, 0.717) is 29.3 Å². The summed E-state index contributed by atoms with van der Waals surface area (Å²) in [6.07, 6.45) is -0.550.